The van der Waals surface area contributed by atoms with Gasteiger partial charge in [-0.15, -0.1) is 0 Å². The van der Waals surface area contributed by atoms with Crippen molar-refractivity contribution in [2.45, 2.75) is 19.0 Å². The summed E-state index contributed by atoms with van der Waals surface area (Å²) in [7, 11) is 1.28. The predicted molar refractivity (Wildman–Crippen MR) is 73.9 cm³/mol. The second-order valence-corrected chi connectivity index (χ2v) is 6.46. The van der Waals surface area contributed by atoms with Crippen LogP contribution in [-0.2, 0) is 17.8 Å². The third-order valence-corrected chi connectivity index (χ3v) is 4.98. The summed E-state index contributed by atoms with van der Waals surface area (Å²) in [4.78, 5) is 4.67. The Hall–Kier alpha value is -1.20. The van der Waals surface area contributed by atoms with E-state index in [9.17, 15) is 4.21 Å². The minimum Gasteiger partial charge on any atom is -0.330 e. The van der Waals surface area contributed by atoms with E-state index in [0.29, 0.717) is 5.75 Å². The number of para-hydroxylation sites is 2. The maximum absolute atomic E-state index is 11.8. The molecule has 1 aliphatic rings. The van der Waals surface area contributed by atoms with Crippen LogP contribution >= 0.6 is 0 Å². The highest BCUT2D eigenvalue weighted by atomic mass is 32.2. The molecule has 5 heteroatoms. The molecule has 1 aromatic heterocycles. The van der Waals surface area contributed by atoms with Crippen LogP contribution < -0.4 is 5.32 Å². The summed E-state index contributed by atoms with van der Waals surface area (Å²) in [6.45, 7) is 2.08. The Morgan fingerprint density at radius 1 is 1.39 bits per heavy atom. The highest BCUT2D eigenvalue weighted by molar-refractivity contribution is 7.85. The molecule has 1 fully saturated rings. The SMILES string of the molecule is CC1CS(=O)CC(c2nc3ccccc3n2C)N1. The average molecular weight is 263 g/mol. The highest BCUT2D eigenvalue weighted by Crippen LogP contribution is 2.22. The summed E-state index contributed by atoms with van der Waals surface area (Å²) in [5.41, 5.74) is 2.12. The molecular formula is C13H17N3OS. The number of benzene rings is 1. The maximum atomic E-state index is 11.8. The molecule has 0 saturated carbocycles. The summed E-state index contributed by atoms with van der Waals surface area (Å²) in [5.74, 6) is 2.37. The smallest absolute Gasteiger partial charge is 0.127 e. The highest BCUT2D eigenvalue weighted by Gasteiger charge is 2.27. The molecule has 2 aromatic rings. The fourth-order valence-corrected chi connectivity index (χ4v) is 4.00. The second-order valence-electron chi connectivity index (χ2n) is 4.91. The van der Waals surface area contributed by atoms with Gasteiger partial charge in [-0.1, -0.05) is 12.1 Å². The van der Waals surface area contributed by atoms with Gasteiger partial charge in [0.2, 0.25) is 0 Å². The number of aryl methyl sites for hydroxylation is 1. The molecule has 1 aliphatic heterocycles. The number of rotatable bonds is 1. The predicted octanol–water partition coefficient (Wildman–Crippen LogP) is 1.35. The number of hydrogen-bond acceptors (Lipinski definition) is 3. The first-order valence-electron chi connectivity index (χ1n) is 6.17. The largest absolute Gasteiger partial charge is 0.330 e. The number of fused-ring (bicyclic) bond motifs is 1. The van der Waals surface area contributed by atoms with Gasteiger partial charge in [0.05, 0.1) is 17.1 Å². The van der Waals surface area contributed by atoms with Crippen LogP contribution in [0.4, 0.5) is 0 Å². The van der Waals surface area contributed by atoms with E-state index in [-0.39, 0.29) is 12.1 Å². The molecule has 3 unspecified atom stereocenters. The monoisotopic (exact) mass is 263 g/mol. The molecule has 4 nitrogen and oxygen atoms in total. The Morgan fingerprint density at radius 2 is 2.17 bits per heavy atom. The topological polar surface area (TPSA) is 46.9 Å². The van der Waals surface area contributed by atoms with Crippen LogP contribution in [0.25, 0.3) is 11.0 Å². The van der Waals surface area contributed by atoms with Gasteiger partial charge >= 0.3 is 0 Å². The third kappa shape index (κ3) is 1.97. The summed E-state index contributed by atoms with van der Waals surface area (Å²) in [5, 5.41) is 3.49. The van der Waals surface area contributed by atoms with Gasteiger partial charge in [0, 0.05) is 35.4 Å². The average Bonchev–Trinajstić information content (AvgIpc) is 2.66. The first-order chi connectivity index (χ1) is 8.65. The van der Waals surface area contributed by atoms with E-state index in [1.807, 2.05) is 25.2 Å². The molecule has 2 heterocycles. The molecule has 0 radical (unpaired) electrons. The van der Waals surface area contributed by atoms with E-state index in [4.69, 9.17) is 0 Å². The van der Waals surface area contributed by atoms with Gasteiger partial charge < -0.3 is 9.88 Å². The number of nitrogens with zero attached hydrogens (tertiary/aromatic N) is 2. The molecule has 1 saturated heterocycles. The van der Waals surface area contributed by atoms with E-state index in [0.717, 1.165) is 22.6 Å². The fourth-order valence-electron chi connectivity index (χ4n) is 2.60. The quantitative estimate of drug-likeness (QED) is 0.845. The van der Waals surface area contributed by atoms with Gasteiger partial charge in [0.15, 0.2) is 0 Å². The van der Waals surface area contributed by atoms with Crippen LogP contribution in [0.1, 0.15) is 18.8 Å². The number of nitrogens with one attached hydrogen (secondary N) is 1. The van der Waals surface area contributed by atoms with Crippen LogP contribution in [0, 0.1) is 0 Å². The number of hydrogen-bond donors (Lipinski definition) is 1. The van der Waals surface area contributed by atoms with Gasteiger partial charge in [0.1, 0.15) is 5.82 Å². The lowest BCUT2D eigenvalue weighted by Gasteiger charge is -2.27. The zero-order valence-corrected chi connectivity index (χ0v) is 11.4. The lowest BCUT2D eigenvalue weighted by atomic mass is 10.2. The van der Waals surface area contributed by atoms with E-state index in [1.54, 1.807) is 0 Å². The van der Waals surface area contributed by atoms with E-state index >= 15 is 0 Å². The molecule has 0 bridgehead atoms. The standard InChI is InChI=1S/C13H17N3OS/c1-9-7-18(17)8-11(14-9)13-15-10-5-3-4-6-12(10)16(13)2/h3-6,9,11,14H,7-8H2,1-2H3. The Labute approximate surface area is 109 Å². The molecule has 96 valence electrons. The number of aromatic nitrogens is 2. The van der Waals surface area contributed by atoms with Gasteiger partial charge in [-0.05, 0) is 19.1 Å². The molecule has 18 heavy (non-hydrogen) atoms. The zero-order valence-electron chi connectivity index (χ0n) is 10.6. The second kappa shape index (κ2) is 4.48. The zero-order chi connectivity index (χ0) is 12.7. The first-order valence-corrected chi connectivity index (χ1v) is 7.66. The molecule has 3 rings (SSSR count). The van der Waals surface area contributed by atoms with Gasteiger partial charge in [-0.2, -0.15) is 0 Å². The Kier molecular flexibility index (Phi) is 2.95. The van der Waals surface area contributed by atoms with Crippen molar-refractivity contribution < 1.29 is 4.21 Å². The Morgan fingerprint density at radius 3 is 2.89 bits per heavy atom. The van der Waals surface area contributed by atoms with Gasteiger partial charge in [0.25, 0.3) is 0 Å². The van der Waals surface area contributed by atoms with Crippen molar-refractivity contribution in [2.75, 3.05) is 11.5 Å². The van der Waals surface area contributed by atoms with E-state index in [2.05, 4.69) is 27.9 Å². The molecule has 0 amide bonds. The summed E-state index contributed by atoms with van der Waals surface area (Å²) in [6.07, 6.45) is 0. The van der Waals surface area contributed by atoms with Crippen LogP contribution in [0.15, 0.2) is 24.3 Å². The Balaban J connectivity index is 2.03. The molecule has 0 spiro atoms. The lowest BCUT2D eigenvalue weighted by Crippen LogP contribution is -2.44. The van der Waals surface area contributed by atoms with E-state index in [1.165, 1.54) is 0 Å². The molecule has 1 aromatic carbocycles. The van der Waals surface area contributed by atoms with Crippen molar-refractivity contribution in [1.29, 1.82) is 0 Å². The van der Waals surface area contributed by atoms with Crippen molar-refractivity contribution in [3.63, 3.8) is 0 Å². The third-order valence-electron chi connectivity index (χ3n) is 3.41. The van der Waals surface area contributed by atoms with Crippen molar-refractivity contribution >= 4 is 21.8 Å². The maximum Gasteiger partial charge on any atom is 0.127 e. The summed E-state index contributed by atoms with van der Waals surface area (Å²) >= 11 is 0. The lowest BCUT2D eigenvalue weighted by molar-refractivity contribution is 0.465. The summed E-state index contributed by atoms with van der Waals surface area (Å²) < 4.78 is 13.9. The number of imidazole rings is 1. The molecule has 1 N–H and O–H groups in total. The molecular weight excluding hydrogens is 246 g/mol. The van der Waals surface area contributed by atoms with Crippen molar-refractivity contribution in [3.05, 3.63) is 30.1 Å². The van der Waals surface area contributed by atoms with Gasteiger partial charge in [-0.25, -0.2) is 4.98 Å². The van der Waals surface area contributed by atoms with Crippen LogP contribution in [0.3, 0.4) is 0 Å². The van der Waals surface area contributed by atoms with Crippen molar-refractivity contribution in [1.82, 2.24) is 14.9 Å². The van der Waals surface area contributed by atoms with Crippen LogP contribution in [0.2, 0.25) is 0 Å². The summed E-state index contributed by atoms with van der Waals surface area (Å²) in [6, 6.07) is 8.46. The van der Waals surface area contributed by atoms with Gasteiger partial charge in [-0.3, -0.25) is 4.21 Å². The molecule has 0 aliphatic carbocycles. The van der Waals surface area contributed by atoms with Crippen LogP contribution in [0.5, 0.6) is 0 Å². The normalized spacial score (nSPS) is 28.7. The van der Waals surface area contributed by atoms with Crippen molar-refractivity contribution in [2.24, 2.45) is 7.05 Å². The van der Waals surface area contributed by atoms with Crippen molar-refractivity contribution in [3.8, 4) is 0 Å². The minimum atomic E-state index is -0.747. The molecule has 3 atom stereocenters. The first kappa shape index (κ1) is 11.9. The fraction of sp³-hybridized carbons (Fsp3) is 0.462. The van der Waals surface area contributed by atoms with Crippen LogP contribution in [-0.4, -0.2) is 31.3 Å². The van der Waals surface area contributed by atoms with E-state index < -0.39 is 10.8 Å². The minimum absolute atomic E-state index is 0.0898. The Bertz CT molecular complexity index is 607.